The lowest BCUT2D eigenvalue weighted by molar-refractivity contribution is -0.156. The average Bonchev–Trinajstić information content (AvgIpc) is 2.50. The highest BCUT2D eigenvalue weighted by Gasteiger charge is 2.36. The van der Waals surface area contributed by atoms with Crippen LogP contribution in [0.5, 0.6) is 0 Å². The summed E-state index contributed by atoms with van der Waals surface area (Å²) in [6.07, 6.45) is 10.9. The summed E-state index contributed by atoms with van der Waals surface area (Å²) >= 11 is 0. The summed E-state index contributed by atoms with van der Waals surface area (Å²) in [6, 6.07) is 0.523. The molecule has 2 saturated carbocycles. The van der Waals surface area contributed by atoms with Gasteiger partial charge in [0, 0.05) is 6.04 Å². The quantitative estimate of drug-likeness (QED) is 0.790. The molecule has 3 heteroatoms. The first-order valence-corrected chi connectivity index (χ1v) is 9.10. The van der Waals surface area contributed by atoms with Crippen LogP contribution in [0.1, 0.15) is 71.6 Å². The van der Waals surface area contributed by atoms with Crippen LogP contribution in [0.3, 0.4) is 0 Å². The fourth-order valence-electron chi connectivity index (χ4n) is 4.53. The average molecular weight is 293 g/mol. The van der Waals surface area contributed by atoms with Gasteiger partial charge in [0.15, 0.2) is 0 Å². The second-order valence-corrected chi connectivity index (χ2v) is 7.77. The van der Waals surface area contributed by atoms with Crippen molar-refractivity contribution in [2.75, 3.05) is 0 Å². The molecular weight excluding hydrogens is 262 g/mol. The van der Waals surface area contributed by atoms with Gasteiger partial charge in [0.2, 0.25) is 0 Å². The van der Waals surface area contributed by atoms with Crippen molar-refractivity contribution < 1.29 is 9.53 Å². The molecule has 2 aliphatic carbocycles. The molecule has 0 aromatic carbocycles. The minimum absolute atomic E-state index is 0.0192. The Bertz CT molecular complexity index is 370. The molecule has 6 atom stereocenters. The zero-order valence-corrected chi connectivity index (χ0v) is 13.6. The van der Waals surface area contributed by atoms with Gasteiger partial charge in [0.1, 0.15) is 12.1 Å². The van der Waals surface area contributed by atoms with Crippen molar-refractivity contribution in [1.82, 2.24) is 5.32 Å². The van der Waals surface area contributed by atoms with E-state index < -0.39 is 0 Å². The van der Waals surface area contributed by atoms with Crippen LogP contribution < -0.4 is 5.32 Å². The Morgan fingerprint density at radius 2 is 1.76 bits per heavy atom. The lowest BCUT2D eigenvalue weighted by atomic mass is 9.77. The van der Waals surface area contributed by atoms with Crippen molar-refractivity contribution >= 4 is 5.97 Å². The first-order valence-electron chi connectivity index (χ1n) is 9.10. The Balaban J connectivity index is 1.49. The smallest absolute Gasteiger partial charge is 0.323 e. The number of piperidine rings is 1. The van der Waals surface area contributed by atoms with Gasteiger partial charge in [-0.2, -0.15) is 0 Å². The van der Waals surface area contributed by atoms with E-state index in [9.17, 15) is 4.79 Å². The summed E-state index contributed by atoms with van der Waals surface area (Å²) in [5.74, 6) is 2.28. The zero-order chi connectivity index (χ0) is 14.8. The predicted octanol–water partition coefficient (Wildman–Crippen LogP) is 3.67. The normalized spacial score (nSPS) is 43.9. The summed E-state index contributed by atoms with van der Waals surface area (Å²) < 4.78 is 5.83. The molecule has 120 valence electrons. The van der Waals surface area contributed by atoms with Gasteiger partial charge in [0.05, 0.1) is 0 Å². The van der Waals surface area contributed by atoms with Gasteiger partial charge in [-0.3, -0.25) is 4.79 Å². The lowest BCUT2D eigenvalue weighted by Crippen LogP contribution is -2.53. The van der Waals surface area contributed by atoms with E-state index in [1.54, 1.807) is 0 Å². The third kappa shape index (κ3) is 3.61. The molecule has 3 aliphatic rings. The maximum Gasteiger partial charge on any atom is 0.323 e. The molecule has 3 fully saturated rings. The molecule has 0 bridgehead atoms. The van der Waals surface area contributed by atoms with Gasteiger partial charge in [-0.15, -0.1) is 0 Å². The number of hydrogen-bond acceptors (Lipinski definition) is 3. The molecule has 1 saturated heterocycles. The van der Waals surface area contributed by atoms with Crippen LogP contribution in [0.15, 0.2) is 0 Å². The second-order valence-electron chi connectivity index (χ2n) is 7.77. The molecule has 1 aliphatic heterocycles. The van der Waals surface area contributed by atoms with Gasteiger partial charge in [-0.1, -0.05) is 26.7 Å². The Morgan fingerprint density at radius 1 is 0.952 bits per heavy atom. The molecule has 1 N–H and O–H groups in total. The number of rotatable bonds is 2. The molecule has 0 aromatic heterocycles. The molecule has 0 amide bonds. The number of esters is 1. The Morgan fingerprint density at radius 3 is 2.57 bits per heavy atom. The zero-order valence-electron chi connectivity index (χ0n) is 13.6. The van der Waals surface area contributed by atoms with Crippen LogP contribution in [-0.4, -0.2) is 24.2 Å². The first kappa shape index (κ1) is 15.3. The van der Waals surface area contributed by atoms with Gasteiger partial charge in [-0.05, 0) is 62.7 Å². The van der Waals surface area contributed by atoms with E-state index in [1.165, 1.54) is 38.5 Å². The predicted molar refractivity (Wildman–Crippen MR) is 84.0 cm³/mol. The summed E-state index contributed by atoms with van der Waals surface area (Å²) in [7, 11) is 0. The van der Waals surface area contributed by atoms with Crippen molar-refractivity contribution in [3.63, 3.8) is 0 Å². The van der Waals surface area contributed by atoms with E-state index in [4.69, 9.17) is 4.74 Å². The fraction of sp³-hybridized carbons (Fsp3) is 0.944. The summed E-state index contributed by atoms with van der Waals surface area (Å²) in [5, 5.41) is 3.59. The number of carbonyl (C=O) groups excluding carboxylic acids is 1. The van der Waals surface area contributed by atoms with Crippen LogP contribution >= 0.6 is 0 Å². The van der Waals surface area contributed by atoms with E-state index in [-0.39, 0.29) is 18.1 Å². The molecule has 0 aromatic rings. The highest BCUT2D eigenvalue weighted by atomic mass is 16.5. The molecule has 1 heterocycles. The van der Waals surface area contributed by atoms with Crippen molar-refractivity contribution in [2.45, 2.75) is 89.8 Å². The first-order chi connectivity index (χ1) is 10.1. The molecule has 21 heavy (non-hydrogen) atoms. The Hall–Kier alpha value is -0.570. The monoisotopic (exact) mass is 293 g/mol. The van der Waals surface area contributed by atoms with E-state index in [2.05, 4.69) is 19.2 Å². The molecule has 0 radical (unpaired) electrons. The number of nitrogens with one attached hydrogen (secondary N) is 1. The molecule has 0 spiro atoms. The number of fused-ring (bicyclic) bond motifs is 1. The number of ether oxygens (including phenoxy) is 1. The van der Waals surface area contributed by atoms with Crippen LogP contribution in [0, 0.1) is 17.8 Å². The van der Waals surface area contributed by atoms with Crippen LogP contribution in [-0.2, 0) is 9.53 Å². The van der Waals surface area contributed by atoms with Crippen molar-refractivity contribution in [3.8, 4) is 0 Å². The highest BCUT2D eigenvalue weighted by molar-refractivity contribution is 5.76. The van der Waals surface area contributed by atoms with E-state index >= 15 is 0 Å². The van der Waals surface area contributed by atoms with E-state index in [0.717, 1.165) is 31.1 Å². The van der Waals surface area contributed by atoms with Crippen LogP contribution in [0.25, 0.3) is 0 Å². The van der Waals surface area contributed by atoms with Crippen molar-refractivity contribution in [1.29, 1.82) is 0 Å². The minimum Gasteiger partial charge on any atom is -0.461 e. The molecule has 3 rings (SSSR count). The highest BCUT2D eigenvalue weighted by Crippen LogP contribution is 2.34. The second kappa shape index (κ2) is 6.68. The SMILES string of the molecule is CC1CCC(OC(=O)C2CCC3CCCCC3N2)CC1C. The van der Waals surface area contributed by atoms with Crippen LogP contribution in [0.2, 0.25) is 0 Å². The molecule has 3 nitrogen and oxygen atoms in total. The third-order valence-corrected chi connectivity index (χ3v) is 6.27. The summed E-state index contributed by atoms with van der Waals surface area (Å²) in [6.45, 7) is 4.60. The third-order valence-electron chi connectivity index (χ3n) is 6.27. The van der Waals surface area contributed by atoms with E-state index in [1.807, 2.05) is 0 Å². The van der Waals surface area contributed by atoms with Gasteiger partial charge in [0.25, 0.3) is 0 Å². The number of carbonyl (C=O) groups is 1. The summed E-state index contributed by atoms with van der Waals surface area (Å²) in [5.41, 5.74) is 0. The van der Waals surface area contributed by atoms with Crippen molar-refractivity contribution in [2.24, 2.45) is 17.8 Å². The molecular formula is C18H31NO2. The van der Waals surface area contributed by atoms with Crippen molar-refractivity contribution in [3.05, 3.63) is 0 Å². The lowest BCUT2D eigenvalue weighted by Gasteiger charge is -2.40. The van der Waals surface area contributed by atoms with Gasteiger partial charge < -0.3 is 10.1 Å². The largest absolute Gasteiger partial charge is 0.461 e. The standard InChI is InChI=1S/C18H31NO2/c1-12-7-9-15(11-13(12)2)21-18(20)17-10-8-14-5-3-4-6-16(14)19-17/h12-17,19H,3-11H2,1-2H3. The fourth-order valence-corrected chi connectivity index (χ4v) is 4.53. The summed E-state index contributed by atoms with van der Waals surface area (Å²) in [4.78, 5) is 12.4. The maximum absolute atomic E-state index is 12.4. The van der Waals surface area contributed by atoms with Crippen LogP contribution in [0.4, 0.5) is 0 Å². The molecule has 6 unspecified atom stereocenters. The Labute approximate surface area is 129 Å². The number of hydrogen-bond donors (Lipinski definition) is 1. The van der Waals surface area contributed by atoms with Gasteiger partial charge >= 0.3 is 5.97 Å². The Kier molecular flexibility index (Phi) is 4.88. The maximum atomic E-state index is 12.4. The van der Waals surface area contributed by atoms with Gasteiger partial charge in [-0.25, -0.2) is 0 Å². The topological polar surface area (TPSA) is 38.3 Å². The van der Waals surface area contributed by atoms with E-state index in [0.29, 0.717) is 12.0 Å². The minimum atomic E-state index is -0.0426.